The van der Waals surface area contributed by atoms with Crippen molar-refractivity contribution in [2.24, 2.45) is 0 Å². The second-order valence-corrected chi connectivity index (χ2v) is 7.46. The van der Waals surface area contributed by atoms with Crippen LogP contribution < -0.4 is 4.90 Å². The highest BCUT2D eigenvalue weighted by Gasteiger charge is 2.22. The molecule has 2 aromatic rings. The first-order chi connectivity index (χ1) is 13.3. The van der Waals surface area contributed by atoms with E-state index in [0.717, 1.165) is 11.3 Å². The van der Waals surface area contributed by atoms with E-state index in [1.807, 2.05) is 4.90 Å². The molecule has 28 heavy (non-hydrogen) atoms. The minimum absolute atomic E-state index is 0.0476. The number of rotatable bonds is 4. The summed E-state index contributed by atoms with van der Waals surface area (Å²) in [5.74, 6) is -0.111. The van der Waals surface area contributed by atoms with Crippen molar-refractivity contribution in [3.63, 3.8) is 0 Å². The van der Waals surface area contributed by atoms with Crippen molar-refractivity contribution < 1.29 is 9.72 Å². The maximum atomic E-state index is 12.4. The van der Waals surface area contributed by atoms with Gasteiger partial charge in [-0.25, -0.2) is 0 Å². The van der Waals surface area contributed by atoms with Crippen LogP contribution in [0.25, 0.3) is 6.08 Å². The number of piperazine rings is 1. The minimum atomic E-state index is -0.481. The highest BCUT2D eigenvalue weighted by atomic mass is 35.5. The molecule has 0 aromatic heterocycles. The Kier molecular flexibility index (Phi) is 6.44. The summed E-state index contributed by atoms with van der Waals surface area (Å²) in [5.41, 5.74) is 1.40. The molecule has 9 heteroatoms. The van der Waals surface area contributed by atoms with E-state index >= 15 is 0 Å². The maximum Gasteiger partial charge on any atom is 0.271 e. The number of benzene rings is 2. The van der Waals surface area contributed by atoms with Crippen molar-refractivity contribution in [3.05, 3.63) is 73.2 Å². The van der Waals surface area contributed by atoms with Gasteiger partial charge in [-0.2, -0.15) is 0 Å². The average molecular weight is 441 g/mol. The molecule has 0 spiro atoms. The Morgan fingerprint density at radius 2 is 1.71 bits per heavy atom. The molecule has 6 nitrogen and oxygen atoms in total. The number of nitro benzene ring substituents is 1. The number of amides is 1. The molecule has 0 radical (unpaired) electrons. The molecule has 1 aliphatic heterocycles. The molecule has 2 aromatic carbocycles. The summed E-state index contributed by atoms with van der Waals surface area (Å²) in [5, 5.41) is 12.2. The molecule has 1 fully saturated rings. The first-order valence-corrected chi connectivity index (χ1v) is 9.59. The number of halogens is 3. The molecule has 0 bridgehead atoms. The minimum Gasteiger partial charge on any atom is -0.367 e. The summed E-state index contributed by atoms with van der Waals surface area (Å²) in [6, 6.07) is 9.50. The van der Waals surface area contributed by atoms with E-state index in [1.165, 1.54) is 18.2 Å². The van der Waals surface area contributed by atoms with E-state index in [-0.39, 0.29) is 11.6 Å². The molecule has 0 N–H and O–H groups in total. The number of anilines is 1. The average Bonchev–Trinajstić information content (AvgIpc) is 2.67. The molecule has 0 unspecified atom stereocenters. The second kappa shape index (κ2) is 8.82. The summed E-state index contributed by atoms with van der Waals surface area (Å²) >= 11 is 18.2. The van der Waals surface area contributed by atoms with Gasteiger partial charge in [-0.3, -0.25) is 14.9 Å². The van der Waals surface area contributed by atoms with Gasteiger partial charge < -0.3 is 9.80 Å². The van der Waals surface area contributed by atoms with Gasteiger partial charge in [-0.05, 0) is 29.8 Å². The van der Waals surface area contributed by atoms with Crippen LogP contribution in [0.3, 0.4) is 0 Å². The number of carbonyl (C=O) groups excluding carboxylic acids is 1. The highest BCUT2D eigenvalue weighted by molar-refractivity contribution is 6.35. The van der Waals surface area contributed by atoms with Crippen LogP contribution in [-0.4, -0.2) is 41.9 Å². The van der Waals surface area contributed by atoms with E-state index in [2.05, 4.69) is 0 Å². The normalized spacial score (nSPS) is 14.5. The quantitative estimate of drug-likeness (QED) is 0.384. The lowest BCUT2D eigenvalue weighted by molar-refractivity contribution is -0.384. The SMILES string of the molecule is O=C(C=Cc1ccc(Cl)cc1Cl)N1CCN(c2ccc([N+](=O)[O-])cc2Cl)CC1. The monoisotopic (exact) mass is 439 g/mol. The molecule has 3 rings (SSSR count). The molecule has 0 atom stereocenters. The zero-order chi connectivity index (χ0) is 20.3. The van der Waals surface area contributed by atoms with Crippen LogP contribution in [0.5, 0.6) is 0 Å². The summed E-state index contributed by atoms with van der Waals surface area (Å²) in [7, 11) is 0. The van der Waals surface area contributed by atoms with Gasteiger partial charge in [0.25, 0.3) is 5.69 Å². The van der Waals surface area contributed by atoms with Gasteiger partial charge in [-0.15, -0.1) is 0 Å². The van der Waals surface area contributed by atoms with E-state index in [0.29, 0.717) is 41.2 Å². The Hall–Kier alpha value is -2.28. The number of nitrogens with zero attached hydrogens (tertiary/aromatic N) is 3. The molecular weight excluding hydrogens is 425 g/mol. The van der Waals surface area contributed by atoms with Crippen LogP contribution in [-0.2, 0) is 4.79 Å². The van der Waals surface area contributed by atoms with Crippen LogP contribution >= 0.6 is 34.8 Å². The molecular formula is C19H16Cl3N3O3. The third kappa shape index (κ3) is 4.76. The third-order valence-electron chi connectivity index (χ3n) is 4.44. The Morgan fingerprint density at radius 3 is 2.32 bits per heavy atom. The van der Waals surface area contributed by atoms with Crippen molar-refractivity contribution >= 4 is 58.2 Å². The first kappa shape index (κ1) is 20.5. The molecule has 1 heterocycles. The van der Waals surface area contributed by atoms with Gasteiger partial charge in [0.1, 0.15) is 0 Å². The topological polar surface area (TPSA) is 66.7 Å². The fraction of sp³-hybridized carbons (Fsp3) is 0.211. The van der Waals surface area contributed by atoms with Crippen molar-refractivity contribution in [1.82, 2.24) is 4.90 Å². The van der Waals surface area contributed by atoms with Gasteiger partial charge >= 0.3 is 0 Å². The predicted molar refractivity (Wildman–Crippen MR) is 112 cm³/mol. The summed E-state index contributed by atoms with van der Waals surface area (Å²) in [6.07, 6.45) is 3.16. The summed E-state index contributed by atoms with van der Waals surface area (Å²) in [4.78, 5) is 26.5. The Labute approximate surface area is 177 Å². The molecule has 0 saturated carbocycles. The van der Waals surface area contributed by atoms with Crippen LogP contribution in [0, 0.1) is 10.1 Å². The number of hydrogen-bond acceptors (Lipinski definition) is 4. The number of hydrogen-bond donors (Lipinski definition) is 0. The molecule has 1 saturated heterocycles. The van der Waals surface area contributed by atoms with Crippen molar-refractivity contribution in [2.75, 3.05) is 31.1 Å². The van der Waals surface area contributed by atoms with Crippen LogP contribution in [0.15, 0.2) is 42.5 Å². The zero-order valence-corrected chi connectivity index (χ0v) is 16.9. The summed E-state index contributed by atoms with van der Waals surface area (Å²) in [6.45, 7) is 2.20. The fourth-order valence-electron chi connectivity index (χ4n) is 2.94. The van der Waals surface area contributed by atoms with E-state index < -0.39 is 4.92 Å². The van der Waals surface area contributed by atoms with Crippen molar-refractivity contribution in [2.45, 2.75) is 0 Å². The smallest absolute Gasteiger partial charge is 0.271 e. The van der Waals surface area contributed by atoms with Gasteiger partial charge in [0.15, 0.2) is 0 Å². The molecule has 0 aliphatic carbocycles. The predicted octanol–water partition coefficient (Wildman–Crippen LogP) is 4.92. The fourth-order valence-corrected chi connectivity index (χ4v) is 3.70. The third-order valence-corrected chi connectivity index (χ3v) is 5.31. The Balaban J connectivity index is 1.61. The highest BCUT2D eigenvalue weighted by Crippen LogP contribution is 2.30. The van der Waals surface area contributed by atoms with Crippen molar-refractivity contribution in [1.29, 1.82) is 0 Å². The Morgan fingerprint density at radius 1 is 1.00 bits per heavy atom. The van der Waals surface area contributed by atoms with Gasteiger partial charge in [0, 0.05) is 54.4 Å². The largest absolute Gasteiger partial charge is 0.367 e. The lowest BCUT2D eigenvalue weighted by atomic mass is 10.2. The van der Waals surface area contributed by atoms with Crippen LogP contribution in [0.1, 0.15) is 5.56 Å². The number of nitro groups is 1. The Bertz CT molecular complexity index is 941. The maximum absolute atomic E-state index is 12.4. The standard InChI is InChI=1S/C19H16Cl3N3O3/c20-14-3-1-13(16(21)11-14)2-6-19(26)24-9-7-23(8-10-24)18-5-4-15(25(27)28)12-17(18)22/h1-6,11-12H,7-10H2. The van der Waals surface area contributed by atoms with E-state index in [4.69, 9.17) is 34.8 Å². The van der Waals surface area contributed by atoms with Gasteiger partial charge in [0.2, 0.25) is 5.91 Å². The van der Waals surface area contributed by atoms with E-state index in [1.54, 1.807) is 35.2 Å². The van der Waals surface area contributed by atoms with Crippen LogP contribution in [0.4, 0.5) is 11.4 Å². The van der Waals surface area contributed by atoms with Gasteiger partial charge in [0.05, 0.1) is 15.6 Å². The number of carbonyl (C=O) groups is 1. The molecule has 1 amide bonds. The second-order valence-electron chi connectivity index (χ2n) is 6.20. The first-order valence-electron chi connectivity index (χ1n) is 8.46. The summed E-state index contributed by atoms with van der Waals surface area (Å²) < 4.78 is 0. The lowest BCUT2D eigenvalue weighted by Gasteiger charge is -2.36. The molecule has 1 aliphatic rings. The zero-order valence-electron chi connectivity index (χ0n) is 14.6. The van der Waals surface area contributed by atoms with Gasteiger partial charge in [-0.1, -0.05) is 40.9 Å². The number of non-ortho nitro benzene ring substituents is 1. The van der Waals surface area contributed by atoms with Crippen LogP contribution in [0.2, 0.25) is 15.1 Å². The van der Waals surface area contributed by atoms with E-state index in [9.17, 15) is 14.9 Å². The molecule has 146 valence electrons. The van der Waals surface area contributed by atoms with Crippen molar-refractivity contribution in [3.8, 4) is 0 Å². The lowest BCUT2D eigenvalue weighted by Crippen LogP contribution is -2.48.